The van der Waals surface area contributed by atoms with E-state index in [9.17, 15) is 0 Å². The van der Waals surface area contributed by atoms with Gasteiger partial charge in [-0.3, -0.25) is 4.52 Å². The van der Waals surface area contributed by atoms with E-state index in [1.54, 1.807) is 0 Å². The van der Waals surface area contributed by atoms with Crippen LogP contribution in [0, 0.1) is 25.2 Å². The molecule has 0 bridgehead atoms. The van der Waals surface area contributed by atoms with Gasteiger partial charge in [0.15, 0.2) is 6.29 Å². The largest absolute Gasteiger partial charge is 0.463 e. The summed E-state index contributed by atoms with van der Waals surface area (Å²) in [7, 11) is -1.75. The summed E-state index contributed by atoms with van der Waals surface area (Å²) in [5.74, 6) is 2.26. The Kier molecular flexibility index (Phi) is 8.80. The molecule has 0 aliphatic carbocycles. The van der Waals surface area contributed by atoms with Crippen LogP contribution in [0.5, 0.6) is 11.5 Å². The normalized spacial score (nSPS) is 21.1. The minimum absolute atomic E-state index is 0.0969. The van der Waals surface area contributed by atoms with E-state index < -0.39 is 8.60 Å². The monoisotopic (exact) mass is 556 g/mol. The van der Waals surface area contributed by atoms with E-state index in [1.807, 2.05) is 0 Å². The second kappa shape index (κ2) is 11.3. The molecular formula is C33H49O5P. The topological polar surface area (TPSA) is 46.2 Å². The van der Waals surface area contributed by atoms with Crippen molar-refractivity contribution in [3.05, 3.63) is 57.6 Å². The average molecular weight is 557 g/mol. The lowest BCUT2D eigenvalue weighted by Gasteiger charge is -2.35. The number of rotatable bonds is 4. The van der Waals surface area contributed by atoms with Crippen molar-refractivity contribution < 1.29 is 23.0 Å². The first-order valence-corrected chi connectivity index (χ1v) is 15.4. The fraction of sp³-hybridized carbons (Fsp3) is 0.636. The summed E-state index contributed by atoms with van der Waals surface area (Å²) in [5.41, 5.74) is 6.59. The summed E-state index contributed by atoms with van der Waals surface area (Å²) in [6, 6.07) is 8.99. The first kappa shape index (κ1) is 30.3. The first-order valence-electron chi connectivity index (χ1n) is 14.3. The summed E-state index contributed by atoms with van der Waals surface area (Å²) in [6.45, 7) is 25.9. The lowest BCUT2D eigenvalue weighted by atomic mass is 9.81. The average Bonchev–Trinajstić information content (AvgIpc) is 3.02. The van der Waals surface area contributed by atoms with Gasteiger partial charge in [-0.1, -0.05) is 97.7 Å². The summed E-state index contributed by atoms with van der Waals surface area (Å²) in [6.07, 6.45) is 1.41. The quantitative estimate of drug-likeness (QED) is 0.352. The van der Waals surface area contributed by atoms with Crippen LogP contribution in [-0.2, 0) is 31.2 Å². The molecule has 6 heteroatoms. The second-order valence-corrected chi connectivity index (χ2v) is 15.4. The van der Waals surface area contributed by atoms with Gasteiger partial charge in [-0.15, -0.1) is 0 Å². The number of benzene rings is 2. The lowest BCUT2D eigenvalue weighted by Crippen LogP contribution is -2.38. The van der Waals surface area contributed by atoms with Gasteiger partial charge in [0.05, 0.1) is 19.8 Å². The minimum Gasteiger partial charge on any atom is -0.417 e. The zero-order valence-corrected chi connectivity index (χ0v) is 26.9. The zero-order chi connectivity index (χ0) is 28.8. The van der Waals surface area contributed by atoms with Gasteiger partial charge in [-0.2, -0.15) is 0 Å². The van der Waals surface area contributed by atoms with Gasteiger partial charge in [0.25, 0.3) is 0 Å². The van der Waals surface area contributed by atoms with Gasteiger partial charge in [0.1, 0.15) is 11.5 Å². The van der Waals surface area contributed by atoms with Crippen molar-refractivity contribution in [2.24, 2.45) is 11.3 Å². The van der Waals surface area contributed by atoms with Crippen LogP contribution in [0.15, 0.2) is 24.3 Å². The standard InChI is InChI=1S/C33H49O5P/c1-21-12-13-34-30(35-19-21)33(10,11)20-36-39-37-28-24(14-22(2)16-26(28)31(4,5)6)18-25-15-23(3)17-27(29(25)38-39)32(7,8)9/h14-17,21,30H,12-13,18-20H2,1-11H3/t21-,30?/m1/s1. The van der Waals surface area contributed by atoms with Gasteiger partial charge in [0.2, 0.25) is 0 Å². The van der Waals surface area contributed by atoms with Gasteiger partial charge in [-0.25, -0.2) is 0 Å². The number of ether oxygens (including phenoxy) is 2. The van der Waals surface area contributed by atoms with Crippen molar-refractivity contribution in [1.29, 1.82) is 0 Å². The van der Waals surface area contributed by atoms with Crippen LogP contribution in [-0.4, -0.2) is 26.1 Å². The third-order valence-electron chi connectivity index (χ3n) is 7.54. The Hall–Kier alpha value is -1.65. The molecule has 2 aliphatic heterocycles. The molecule has 1 fully saturated rings. The van der Waals surface area contributed by atoms with E-state index in [0.29, 0.717) is 25.7 Å². The maximum absolute atomic E-state index is 6.77. The molecule has 0 N–H and O–H groups in total. The Morgan fingerprint density at radius 1 is 0.795 bits per heavy atom. The van der Waals surface area contributed by atoms with Crippen molar-refractivity contribution >= 4 is 8.60 Å². The summed E-state index contributed by atoms with van der Waals surface area (Å²) >= 11 is 0. The maximum atomic E-state index is 6.77. The van der Waals surface area contributed by atoms with Crippen LogP contribution < -0.4 is 9.05 Å². The molecule has 2 atom stereocenters. The van der Waals surface area contributed by atoms with E-state index >= 15 is 0 Å². The molecule has 0 saturated carbocycles. The van der Waals surface area contributed by atoms with Gasteiger partial charge < -0.3 is 18.5 Å². The molecule has 2 aliphatic rings. The van der Waals surface area contributed by atoms with Crippen molar-refractivity contribution in [2.75, 3.05) is 19.8 Å². The van der Waals surface area contributed by atoms with Crippen LogP contribution in [0.1, 0.15) is 102 Å². The Labute approximate surface area is 237 Å². The molecule has 39 heavy (non-hydrogen) atoms. The number of hydrogen-bond acceptors (Lipinski definition) is 5. The molecule has 2 heterocycles. The molecular weight excluding hydrogens is 507 g/mol. The molecule has 1 saturated heterocycles. The molecule has 0 radical (unpaired) electrons. The van der Waals surface area contributed by atoms with Crippen molar-refractivity contribution in [1.82, 2.24) is 0 Å². The van der Waals surface area contributed by atoms with Crippen molar-refractivity contribution in [3.63, 3.8) is 0 Å². The van der Waals surface area contributed by atoms with E-state index in [1.165, 1.54) is 33.4 Å². The fourth-order valence-electron chi connectivity index (χ4n) is 5.21. The first-order chi connectivity index (χ1) is 18.0. The number of aryl methyl sites for hydroxylation is 2. The molecule has 2 aromatic rings. The third kappa shape index (κ3) is 7.17. The van der Waals surface area contributed by atoms with E-state index in [-0.39, 0.29) is 22.5 Å². The van der Waals surface area contributed by atoms with Crippen molar-refractivity contribution in [2.45, 2.75) is 106 Å². The van der Waals surface area contributed by atoms with Gasteiger partial charge in [0, 0.05) is 23.0 Å². The highest BCUT2D eigenvalue weighted by Crippen LogP contribution is 2.52. The Bertz CT molecular complexity index is 1100. The molecule has 0 aromatic heterocycles. The van der Waals surface area contributed by atoms with Crippen molar-refractivity contribution in [3.8, 4) is 11.5 Å². The molecule has 1 unspecified atom stereocenters. The molecule has 5 nitrogen and oxygen atoms in total. The van der Waals surface area contributed by atoms with Crippen LogP contribution in [0.3, 0.4) is 0 Å². The fourth-order valence-corrected chi connectivity index (χ4v) is 6.52. The lowest BCUT2D eigenvalue weighted by molar-refractivity contribution is -0.195. The van der Waals surface area contributed by atoms with Gasteiger partial charge >= 0.3 is 8.60 Å². The highest BCUT2D eigenvalue weighted by Gasteiger charge is 2.38. The zero-order valence-electron chi connectivity index (χ0n) is 26.0. The molecule has 216 valence electrons. The Morgan fingerprint density at radius 3 is 1.79 bits per heavy atom. The molecule has 2 aromatic carbocycles. The highest BCUT2D eigenvalue weighted by atomic mass is 31.2. The third-order valence-corrected chi connectivity index (χ3v) is 8.54. The molecule has 0 amide bonds. The van der Waals surface area contributed by atoms with Crippen LogP contribution in [0.2, 0.25) is 0 Å². The van der Waals surface area contributed by atoms with Crippen LogP contribution in [0.25, 0.3) is 0 Å². The van der Waals surface area contributed by atoms with Crippen LogP contribution in [0.4, 0.5) is 0 Å². The Morgan fingerprint density at radius 2 is 1.31 bits per heavy atom. The molecule has 0 spiro atoms. The predicted molar refractivity (Wildman–Crippen MR) is 160 cm³/mol. The summed E-state index contributed by atoms with van der Waals surface area (Å²) < 4.78 is 32.4. The summed E-state index contributed by atoms with van der Waals surface area (Å²) in [5, 5.41) is 0. The predicted octanol–water partition coefficient (Wildman–Crippen LogP) is 8.93. The summed E-state index contributed by atoms with van der Waals surface area (Å²) in [4.78, 5) is 0. The van der Waals surface area contributed by atoms with E-state index in [2.05, 4.69) is 100 Å². The number of hydrogen-bond donors (Lipinski definition) is 0. The van der Waals surface area contributed by atoms with E-state index in [4.69, 9.17) is 23.0 Å². The van der Waals surface area contributed by atoms with Gasteiger partial charge in [-0.05, 0) is 48.1 Å². The minimum atomic E-state index is -1.75. The Balaban J connectivity index is 1.75. The van der Waals surface area contributed by atoms with Crippen LogP contribution >= 0.6 is 8.60 Å². The highest BCUT2D eigenvalue weighted by molar-refractivity contribution is 7.42. The SMILES string of the molecule is Cc1cc2c(c(C(C)(C)C)c1)OP(OCC(C)(C)C1OCC[C@@H](C)CO1)Oc1c(cc(C)cc1C(C)(C)C)C2. The van der Waals surface area contributed by atoms with E-state index in [0.717, 1.165) is 24.3 Å². The maximum Gasteiger partial charge on any atom is 0.463 e. The number of fused-ring (bicyclic) bond motifs is 2. The second-order valence-electron chi connectivity index (χ2n) is 14.4. The smallest absolute Gasteiger partial charge is 0.417 e. The molecule has 4 rings (SSSR count).